The molecule has 2 rings (SSSR count). The fourth-order valence-corrected chi connectivity index (χ4v) is 1.82. The zero-order valence-electron chi connectivity index (χ0n) is 13.6. The van der Waals surface area contributed by atoms with E-state index in [1.54, 1.807) is 30.3 Å². The summed E-state index contributed by atoms with van der Waals surface area (Å²) in [6, 6.07) is 13.8. The first-order valence-electron chi connectivity index (χ1n) is 7.54. The minimum Gasteiger partial charge on any atom is -0.484 e. The Morgan fingerprint density at radius 3 is 2.46 bits per heavy atom. The van der Waals surface area contributed by atoms with Gasteiger partial charge in [-0.2, -0.15) is 10.4 Å². The second-order valence-corrected chi connectivity index (χ2v) is 5.04. The van der Waals surface area contributed by atoms with Crippen LogP contribution in [0.4, 0.5) is 10.1 Å². The van der Waals surface area contributed by atoms with Gasteiger partial charge in [-0.25, -0.2) is 9.82 Å². The third kappa shape index (κ3) is 6.41. The van der Waals surface area contributed by atoms with Gasteiger partial charge in [0, 0.05) is 5.69 Å². The molecular weight excluding hydrogens is 339 g/mol. The normalized spacial score (nSPS) is 10.2. The second-order valence-electron chi connectivity index (χ2n) is 5.04. The van der Waals surface area contributed by atoms with Crippen LogP contribution in [0.1, 0.15) is 12.0 Å². The lowest BCUT2D eigenvalue weighted by molar-refractivity contribution is -0.120. The molecule has 2 N–H and O–H groups in total. The van der Waals surface area contributed by atoms with Crippen molar-refractivity contribution in [1.82, 2.24) is 5.43 Å². The van der Waals surface area contributed by atoms with Crippen molar-refractivity contribution in [2.75, 3.05) is 11.9 Å². The molecule has 0 aromatic heterocycles. The number of carbonyl (C=O) groups is 2. The van der Waals surface area contributed by atoms with E-state index in [4.69, 9.17) is 10.00 Å². The predicted molar refractivity (Wildman–Crippen MR) is 92.9 cm³/mol. The van der Waals surface area contributed by atoms with Crippen LogP contribution in [-0.4, -0.2) is 24.6 Å². The molecule has 0 unspecified atom stereocenters. The van der Waals surface area contributed by atoms with Crippen LogP contribution in [0.25, 0.3) is 0 Å². The van der Waals surface area contributed by atoms with E-state index < -0.39 is 5.91 Å². The highest BCUT2D eigenvalue weighted by Gasteiger charge is 2.04. The summed E-state index contributed by atoms with van der Waals surface area (Å²) >= 11 is 0. The molecule has 0 radical (unpaired) electrons. The predicted octanol–water partition coefficient (Wildman–Crippen LogP) is 2.21. The van der Waals surface area contributed by atoms with Crippen molar-refractivity contribution in [1.29, 1.82) is 5.26 Å². The SMILES string of the molecule is N#CCC(=O)N/N=C\c1ccc(OCC(=O)Nc2ccc(F)cc2)cc1. The summed E-state index contributed by atoms with van der Waals surface area (Å²) in [4.78, 5) is 22.8. The Balaban J connectivity index is 1.78. The van der Waals surface area contributed by atoms with Gasteiger partial charge >= 0.3 is 0 Å². The number of nitriles is 1. The van der Waals surface area contributed by atoms with Crippen LogP contribution in [0.5, 0.6) is 5.75 Å². The molecule has 2 amide bonds. The van der Waals surface area contributed by atoms with Crippen LogP contribution in [-0.2, 0) is 9.59 Å². The molecule has 7 nitrogen and oxygen atoms in total. The van der Waals surface area contributed by atoms with Gasteiger partial charge in [0.2, 0.25) is 0 Å². The van der Waals surface area contributed by atoms with Gasteiger partial charge in [0.1, 0.15) is 18.0 Å². The van der Waals surface area contributed by atoms with Crippen molar-refractivity contribution in [3.05, 3.63) is 59.9 Å². The van der Waals surface area contributed by atoms with Gasteiger partial charge in [-0.15, -0.1) is 0 Å². The number of carbonyl (C=O) groups excluding carboxylic acids is 2. The maximum absolute atomic E-state index is 12.8. The van der Waals surface area contributed by atoms with Crippen LogP contribution in [0, 0.1) is 17.1 Å². The molecule has 0 aliphatic rings. The molecule has 0 fully saturated rings. The lowest BCUT2D eigenvalue weighted by atomic mass is 10.2. The van der Waals surface area contributed by atoms with E-state index in [1.165, 1.54) is 30.5 Å². The van der Waals surface area contributed by atoms with E-state index in [2.05, 4.69) is 15.8 Å². The quantitative estimate of drug-likeness (QED) is 0.587. The maximum atomic E-state index is 12.8. The van der Waals surface area contributed by atoms with Crippen molar-refractivity contribution >= 4 is 23.7 Å². The molecule has 0 heterocycles. The number of rotatable bonds is 7. The Kier molecular flexibility index (Phi) is 6.83. The first-order chi connectivity index (χ1) is 12.6. The molecule has 0 saturated heterocycles. The summed E-state index contributed by atoms with van der Waals surface area (Å²) in [5.41, 5.74) is 3.39. The van der Waals surface area contributed by atoms with Crippen molar-refractivity contribution in [3.63, 3.8) is 0 Å². The average Bonchev–Trinajstić information content (AvgIpc) is 2.63. The van der Waals surface area contributed by atoms with Gasteiger partial charge in [0.05, 0.1) is 12.3 Å². The van der Waals surface area contributed by atoms with Crippen LogP contribution >= 0.6 is 0 Å². The minimum absolute atomic E-state index is 0.199. The highest BCUT2D eigenvalue weighted by atomic mass is 19.1. The maximum Gasteiger partial charge on any atom is 0.262 e. The first-order valence-corrected chi connectivity index (χ1v) is 7.54. The second kappa shape index (κ2) is 9.54. The standard InChI is InChI=1S/C18H15FN4O3/c19-14-3-5-15(6-4-14)22-18(25)12-26-16-7-1-13(2-8-16)11-21-23-17(24)9-10-20/h1-8,11H,9,12H2,(H,22,25)(H,23,24)/b21-11-. The van der Waals surface area contributed by atoms with Crippen molar-refractivity contribution in [2.24, 2.45) is 5.10 Å². The van der Waals surface area contributed by atoms with E-state index in [9.17, 15) is 14.0 Å². The van der Waals surface area contributed by atoms with Crippen LogP contribution in [0.2, 0.25) is 0 Å². The van der Waals surface area contributed by atoms with Crippen LogP contribution < -0.4 is 15.5 Å². The van der Waals surface area contributed by atoms with Gasteiger partial charge in [0.15, 0.2) is 6.61 Å². The van der Waals surface area contributed by atoms with Crippen molar-refractivity contribution in [2.45, 2.75) is 6.42 Å². The lowest BCUT2D eigenvalue weighted by Gasteiger charge is -2.07. The molecule has 2 aromatic carbocycles. The van der Waals surface area contributed by atoms with Crippen LogP contribution in [0.15, 0.2) is 53.6 Å². The van der Waals surface area contributed by atoms with Gasteiger partial charge in [-0.3, -0.25) is 9.59 Å². The molecule has 0 aliphatic heterocycles. The first kappa shape index (κ1) is 18.6. The molecule has 0 atom stereocenters. The summed E-state index contributed by atoms with van der Waals surface area (Å²) in [5.74, 6) is -0.768. The number of hydrogen-bond donors (Lipinski definition) is 2. The van der Waals surface area contributed by atoms with Crippen LogP contribution in [0.3, 0.4) is 0 Å². The molecule has 132 valence electrons. The summed E-state index contributed by atoms with van der Waals surface area (Å²) in [7, 11) is 0. The number of hydrogen-bond acceptors (Lipinski definition) is 5. The Bertz CT molecular complexity index is 827. The smallest absolute Gasteiger partial charge is 0.262 e. The van der Waals surface area contributed by atoms with Crippen molar-refractivity contribution < 1.29 is 18.7 Å². The highest BCUT2D eigenvalue weighted by Crippen LogP contribution is 2.12. The van der Waals surface area contributed by atoms with E-state index in [-0.39, 0.29) is 24.8 Å². The lowest BCUT2D eigenvalue weighted by Crippen LogP contribution is -2.20. The fraction of sp³-hybridized carbons (Fsp3) is 0.111. The van der Waals surface area contributed by atoms with Gasteiger partial charge in [-0.05, 0) is 54.1 Å². The third-order valence-corrected chi connectivity index (χ3v) is 3.02. The zero-order chi connectivity index (χ0) is 18.8. The number of hydrazone groups is 1. The third-order valence-electron chi connectivity index (χ3n) is 3.02. The van der Waals surface area contributed by atoms with E-state index in [1.807, 2.05) is 0 Å². The van der Waals surface area contributed by atoms with E-state index >= 15 is 0 Å². The van der Waals surface area contributed by atoms with E-state index in [0.29, 0.717) is 17.0 Å². The molecule has 26 heavy (non-hydrogen) atoms. The monoisotopic (exact) mass is 354 g/mol. The largest absolute Gasteiger partial charge is 0.484 e. The Hall–Kier alpha value is -3.73. The molecule has 0 aliphatic carbocycles. The summed E-state index contributed by atoms with van der Waals surface area (Å²) in [6.45, 7) is -0.199. The average molecular weight is 354 g/mol. The number of benzene rings is 2. The number of nitrogens with zero attached hydrogens (tertiary/aromatic N) is 2. The Morgan fingerprint density at radius 1 is 1.12 bits per heavy atom. The van der Waals surface area contributed by atoms with Gasteiger partial charge in [0.25, 0.3) is 11.8 Å². The zero-order valence-corrected chi connectivity index (χ0v) is 13.6. The van der Waals surface area contributed by atoms with Crippen molar-refractivity contribution in [3.8, 4) is 11.8 Å². The highest BCUT2D eigenvalue weighted by molar-refractivity contribution is 5.91. The molecule has 0 saturated carbocycles. The number of nitrogens with one attached hydrogen (secondary N) is 2. The summed E-state index contributed by atoms with van der Waals surface area (Å²) in [6.07, 6.45) is 1.16. The molecule has 0 spiro atoms. The minimum atomic E-state index is -0.490. The molecule has 2 aromatic rings. The number of ether oxygens (including phenoxy) is 1. The van der Waals surface area contributed by atoms with Gasteiger partial charge < -0.3 is 10.1 Å². The topological polar surface area (TPSA) is 104 Å². The number of halogens is 1. The molecular formula is C18H15FN4O3. The summed E-state index contributed by atoms with van der Waals surface area (Å²) < 4.78 is 18.2. The van der Waals surface area contributed by atoms with E-state index in [0.717, 1.165) is 0 Å². The Morgan fingerprint density at radius 2 is 1.81 bits per heavy atom. The molecule has 8 heteroatoms. The number of amides is 2. The Labute approximate surface area is 149 Å². The molecule has 0 bridgehead atoms. The van der Waals surface area contributed by atoms with Gasteiger partial charge in [-0.1, -0.05) is 0 Å². The summed E-state index contributed by atoms with van der Waals surface area (Å²) in [5, 5.41) is 14.6. The number of anilines is 1. The fourth-order valence-electron chi connectivity index (χ4n) is 1.82.